The summed E-state index contributed by atoms with van der Waals surface area (Å²) >= 11 is 0. The quantitative estimate of drug-likeness (QED) is 0.114. The molecule has 0 aliphatic rings. The van der Waals surface area contributed by atoms with Crippen LogP contribution in [0.15, 0.2) is 12.1 Å². The highest BCUT2D eigenvalue weighted by Gasteiger charge is 2.22. The van der Waals surface area contributed by atoms with Gasteiger partial charge in [0, 0.05) is 0 Å². The molecule has 0 aliphatic carbocycles. The highest BCUT2D eigenvalue weighted by molar-refractivity contribution is 5.95. The molecule has 0 radical (unpaired) electrons. The van der Waals surface area contributed by atoms with Gasteiger partial charge in [-0.1, -0.05) is 131 Å². The van der Waals surface area contributed by atoms with Crippen LogP contribution in [0.25, 0.3) is 10.8 Å². The Kier molecular flexibility index (Phi) is 18.7. The number of fused-ring (bicyclic) bond motifs is 1. The Labute approximate surface area is 251 Å². The van der Waals surface area contributed by atoms with E-state index in [4.69, 9.17) is 0 Å². The average Bonchev–Trinajstić information content (AvgIpc) is 2.96. The van der Waals surface area contributed by atoms with Gasteiger partial charge in [-0.2, -0.15) is 0 Å². The highest BCUT2D eigenvalue weighted by Crippen LogP contribution is 2.39. The fourth-order valence-corrected chi connectivity index (χ4v) is 6.97. The zero-order valence-electron chi connectivity index (χ0n) is 28.1. The molecule has 0 N–H and O–H groups in total. The van der Waals surface area contributed by atoms with Crippen molar-refractivity contribution in [1.29, 1.82) is 0 Å². The summed E-state index contributed by atoms with van der Waals surface area (Å²) in [5, 5.41) is 3.41. The molecule has 40 heavy (non-hydrogen) atoms. The van der Waals surface area contributed by atoms with Gasteiger partial charge in [-0.3, -0.25) is 0 Å². The summed E-state index contributed by atoms with van der Waals surface area (Å²) in [5.74, 6) is 0. The molecule has 0 amide bonds. The van der Waals surface area contributed by atoms with Crippen LogP contribution in [0.3, 0.4) is 0 Å². The van der Waals surface area contributed by atoms with Gasteiger partial charge < -0.3 is 0 Å². The van der Waals surface area contributed by atoms with Gasteiger partial charge in [-0.25, -0.2) is 0 Å². The van der Waals surface area contributed by atoms with Crippen molar-refractivity contribution in [3.63, 3.8) is 0 Å². The van der Waals surface area contributed by atoms with Crippen LogP contribution in [0.1, 0.15) is 190 Å². The van der Waals surface area contributed by atoms with Gasteiger partial charge in [-0.15, -0.1) is 0 Å². The molecular weight excluding hydrogens is 480 g/mol. The van der Waals surface area contributed by atoms with Crippen LogP contribution < -0.4 is 0 Å². The Morgan fingerprint density at radius 3 is 1.12 bits per heavy atom. The summed E-state index contributed by atoms with van der Waals surface area (Å²) in [5.41, 5.74) is 10.6. The van der Waals surface area contributed by atoms with E-state index >= 15 is 0 Å². The Bertz CT molecular complexity index is 925. The van der Waals surface area contributed by atoms with Crippen LogP contribution >= 0.6 is 0 Å². The fraction of sp³-hybridized carbons (Fsp3) is 0.750. The predicted octanol–water partition coefficient (Wildman–Crippen LogP) is 13.2. The van der Waals surface area contributed by atoms with Gasteiger partial charge in [0.1, 0.15) is 0 Å². The van der Waals surface area contributed by atoms with E-state index in [1.165, 1.54) is 154 Å². The number of hydrogen-bond acceptors (Lipinski definition) is 0. The molecular formula is C40H68. The molecule has 0 saturated carbocycles. The Hall–Kier alpha value is -1.30. The van der Waals surface area contributed by atoms with Crippen LogP contribution in [0.4, 0.5) is 0 Å². The Morgan fingerprint density at radius 2 is 0.675 bits per heavy atom. The topological polar surface area (TPSA) is 0 Å². The molecule has 0 fully saturated rings. The minimum atomic E-state index is 1.27. The summed E-state index contributed by atoms with van der Waals surface area (Å²) in [6.45, 7) is 14.2. The number of aryl methyl sites for hydroxylation is 4. The molecule has 0 aliphatic heterocycles. The normalized spacial score (nSPS) is 11.7. The second-order valence-electron chi connectivity index (χ2n) is 12.8. The van der Waals surface area contributed by atoms with Crippen LogP contribution in [0.5, 0.6) is 0 Å². The highest BCUT2D eigenvalue weighted by atomic mass is 14.3. The van der Waals surface area contributed by atoms with E-state index in [9.17, 15) is 0 Å². The van der Waals surface area contributed by atoms with Crippen molar-refractivity contribution in [1.82, 2.24) is 0 Å². The third-order valence-corrected chi connectivity index (χ3v) is 9.33. The molecule has 0 heteroatoms. The van der Waals surface area contributed by atoms with Crippen molar-refractivity contribution < 1.29 is 0 Å². The summed E-state index contributed by atoms with van der Waals surface area (Å²) in [6.07, 6.45) is 31.9. The van der Waals surface area contributed by atoms with Crippen LogP contribution in [-0.2, 0) is 38.5 Å². The lowest BCUT2D eigenvalue weighted by Gasteiger charge is -2.26. The largest absolute Gasteiger partial charge is 0.0654 e. The van der Waals surface area contributed by atoms with Crippen LogP contribution in [0, 0.1) is 0 Å². The second-order valence-corrected chi connectivity index (χ2v) is 12.8. The van der Waals surface area contributed by atoms with Gasteiger partial charge in [0.25, 0.3) is 0 Å². The van der Waals surface area contributed by atoms with Gasteiger partial charge >= 0.3 is 0 Å². The van der Waals surface area contributed by atoms with Crippen LogP contribution in [-0.4, -0.2) is 0 Å². The number of hydrogen-bond donors (Lipinski definition) is 0. The van der Waals surface area contributed by atoms with Crippen molar-refractivity contribution in [3.8, 4) is 0 Å². The van der Waals surface area contributed by atoms with Gasteiger partial charge in [-0.05, 0) is 121 Å². The first-order valence-corrected chi connectivity index (χ1v) is 18.3. The molecule has 228 valence electrons. The Balaban J connectivity index is 2.88. The molecule has 2 aromatic carbocycles. The summed E-state index contributed by atoms with van der Waals surface area (Å²) in [7, 11) is 0. The monoisotopic (exact) mass is 549 g/mol. The third-order valence-electron chi connectivity index (χ3n) is 9.33. The van der Waals surface area contributed by atoms with Gasteiger partial charge in [0.15, 0.2) is 0 Å². The molecule has 2 rings (SSSR count). The average molecular weight is 549 g/mol. The second kappa shape index (κ2) is 21.4. The minimum absolute atomic E-state index is 1.27. The molecule has 2 aromatic rings. The molecule has 0 bridgehead atoms. The van der Waals surface area contributed by atoms with E-state index in [0.29, 0.717) is 0 Å². The molecule has 0 unspecified atom stereocenters. The SMILES string of the molecule is CCCCCc1ccc2c(CCCCC)c(CCCCC)c(CCCCC)c(CCCCC)c2c1CCCCC. The molecule has 0 atom stereocenters. The fourth-order valence-electron chi connectivity index (χ4n) is 6.97. The Morgan fingerprint density at radius 1 is 0.325 bits per heavy atom. The third kappa shape index (κ3) is 10.8. The first kappa shape index (κ1) is 34.9. The van der Waals surface area contributed by atoms with Crippen molar-refractivity contribution in [2.75, 3.05) is 0 Å². The number of rotatable bonds is 24. The van der Waals surface area contributed by atoms with E-state index in [1.807, 2.05) is 5.56 Å². The first-order chi connectivity index (χ1) is 19.7. The molecule has 0 heterocycles. The minimum Gasteiger partial charge on any atom is -0.0654 e. The van der Waals surface area contributed by atoms with Crippen molar-refractivity contribution >= 4 is 10.8 Å². The van der Waals surface area contributed by atoms with E-state index in [2.05, 4.69) is 53.7 Å². The summed E-state index contributed by atoms with van der Waals surface area (Å²) < 4.78 is 0. The van der Waals surface area contributed by atoms with Crippen molar-refractivity contribution in [2.45, 2.75) is 196 Å². The van der Waals surface area contributed by atoms with Crippen molar-refractivity contribution in [3.05, 3.63) is 45.5 Å². The van der Waals surface area contributed by atoms with Gasteiger partial charge in [0.2, 0.25) is 0 Å². The van der Waals surface area contributed by atoms with Gasteiger partial charge in [0.05, 0.1) is 0 Å². The zero-order chi connectivity index (χ0) is 29.0. The summed E-state index contributed by atoms with van der Waals surface area (Å²) in [4.78, 5) is 0. The van der Waals surface area contributed by atoms with E-state index in [1.54, 1.807) is 38.6 Å². The molecule has 0 saturated heterocycles. The van der Waals surface area contributed by atoms with E-state index in [0.717, 1.165) is 0 Å². The predicted molar refractivity (Wildman–Crippen MR) is 183 cm³/mol. The smallest absolute Gasteiger partial charge is 0.0111 e. The molecule has 0 nitrogen and oxygen atoms in total. The maximum atomic E-state index is 2.61. The molecule has 0 spiro atoms. The standard InChI is InChI=1S/C40H68/c1-7-13-19-25-33-31-32-39-37(29-23-17-11-5)35(27-21-15-9-3)36(28-22-16-10-4)38(30-24-18-12-6)40(39)34(33)26-20-14-8-2/h31-32H,7-30H2,1-6H3. The van der Waals surface area contributed by atoms with Crippen LogP contribution in [0.2, 0.25) is 0 Å². The number of benzene rings is 2. The van der Waals surface area contributed by atoms with E-state index < -0.39 is 0 Å². The maximum absolute atomic E-state index is 2.61. The van der Waals surface area contributed by atoms with E-state index in [-0.39, 0.29) is 0 Å². The zero-order valence-corrected chi connectivity index (χ0v) is 28.1. The lowest BCUT2D eigenvalue weighted by molar-refractivity contribution is 0.668. The lowest BCUT2D eigenvalue weighted by atomic mass is 9.78. The lowest BCUT2D eigenvalue weighted by Crippen LogP contribution is -2.11. The number of unbranched alkanes of at least 4 members (excludes halogenated alkanes) is 12. The maximum Gasteiger partial charge on any atom is -0.0111 e. The summed E-state index contributed by atoms with van der Waals surface area (Å²) in [6, 6.07) is 5.20. The molecule has 0 aromatic heterocycles. The first-order valence-electron chi connectivity index (χ1n) is 18.3. The van der Waals surface area contributed by atoms with Crippen molar-refractivity contribution in [2.24, 2.45) is 0 Å².